The van der Waals surface area contributed by atoms with E-state index in [1.165, 1.54) is 36.7 Å². The van der Waals surface area contributed by atoms with Gasteiger partial charge >= 0.3 is 5.69 Å². The van der Waals surface area contributed by atoms with Crippen molar-refractivity contribution in [1.29, 1.82) is 0 Å². The zero-order valence-corrected chi connectivity index (χ0v) is 11.3. The molecule has 1 heterocycles. The van der Waals surface area contributed by atoms with E-state index in [0.29, 0.717) is 5.69 Å². The molecule has 3 aromatic rings. The molecule has 1 aromatic heterocycles. The highest BCUT2D eigenvalue weighted by Gasteiger charge is 2.13. The van der Waals surface area contributed by atoms with Gasteiger partial charge in [-0.25, -0.2) is 13.6 Å². The molecule has 0 fully saturated rings. The predicted molar refractivity (Wildman–Crippen MR) is 74.9 cm³/mol. The number of aromatic hydroxyl groups is 1. The number of halogens is 2. The van der Waals surface area contributed by atoms with Crippen LogP contribution >= 0.6 is 0 Å². The van der Waals surface area contributed by atoms with Crippen molar-refractivity contribution in [3.8, 4) is 11.4 Å². The molecule has 7 heteroatoms. The van der Waals surface area contributed by atoms with Gasteiger partial charge in [0.1, 0.15) is 23.7 Å². The van der Waals surface area contributed by atoms with Crippen molar-refractivity contribution in [3.63, 3.8) is 0 Å². The Morgan fingerprint density at radius 3 is 2.32 bits per heavy atom. The van der Waals surface area contributed by atoms with Crippen LogP contribution in [-0.2, 0) is 6.54 Å². The summed E-state index contributed by atoms with van der Waals surface area (Å²) in [6.07, 6.45) is 1.21. The Kier molecular flexibility index (Phi) is 3.46. The second-order valence-corrected chi connectivity index (χ2v) is 4.67. The van der Waals surface area contributed by atoms with Gasteiger partial charge in [-0.15, -0.1) is 0 Å². The van der Waals surface area contributed by atoms with Crippen molar-refractivity contribution in [2.24, 2.45) is 0 Å². The van der Waals surface area contributed by atoms with E-state index in [1.54, 1.807) is 0 Å². The molecule has 0 bridgehead atoms. The lowest BCUT2D eigenvalue weighted by atomic mass is 10.2. The predicted octanol–water partition coefficient (Wildman–Crippen LogP) is 2.07. The summed E-state index contributed by atoms with van der Waals surface area (Å²) in [6.45, 7) is -0.255. The zero-order valence-electron chi connectivity index (χ0n) is 11.3. The Morgan fingerprint density at radius 1 is 1.05 bits per heavy atom. The van der Waals surface area contributed by atoms with Gasteiger partial charge in [-0.05, 0) is 36.4 Å². The van der Waals surface area contributed by atoms with E-state index in [0.717, 1.165) is 21.4 Å². The summed E-state index contributed by atoms with van der Waals surface area (Å²) in [5, 5.41) is 13.1. The minimum atomic E-state index is -0.718. The average Bonchev–Trinajstić information content (AvgIpc) is 2.85. The van der Waals surface area contributed by atoms with Crippen LogP contribution in [0.3, 0.4) is 0 Å². The van der Waals surface area contributed by atoms with Gasteiger partial charge in [-0.1, -0.05) is 6.07 Å². The van der Waals surface area contributed by atoms with Gasteiger partial charge in [0, 0.05) is 5.56 Å². The number of aromatic nitrogens is 3. The van der Waals surface area contributed by atoms with Gasteiger partial charge in [0.15, 0.2) is 0 Å². The monoisotopic (exact) mass is 303 g/mol. The zero-order chi connectivity index (χ0) is 15.7. The van der Waals surface area contributed by atoms with Gasteiger partial charge in [0.25, 0.3) is 0 Å². The molecule has 0 amide bonds. The first-order chi connectivity index (χ1) is 10.6. The van der Waals surface area contributed by atoms with Crippen LogP contribution in [0.4, 0.5) is 8.78 Å². The summed E-state index contributed by atoms with van der Waals surface area (Å²) in [4.78, 5) is 12.2. The second kappa shape index (κ2) is 5.44. The minimum absolute atomic E-state index is 0.0599. The first kappa shape index (κ1) is 14.0. The molecule has 1 N–H and O–H groups in total. The number of benzene rings is 2. The van der Waals surface area contributed by atoms with Gasteiger partial charge in [-0.2, -0.15) is 9.78 Å². The fourth-order valence-corrected chi connectivity index (χ4v) is 2.07. The SMILES string of the molecule is O=c1n(Cc2c(F)cccc2F)cnn1-c1ccc(O)cc1. The highest BCUT2D eigenvalue weighted by molar-refractivity contribution is 5.35. The average molecular weight is 303 g/mol. The number of phenols is 1. The molecule has 0 saturated heterocycles. The van der Waals surface area contributed by atoms with Crippen molar-refractivity contribution in [2.75, 3.05) is 0 Å². The molecule has 2 aromatic carbocycles. The molecule has 22 heavy (non-hydrogen) atoms. The summed E-state index contributed by atoms with van der Waals surface area (Å²) in [7, 11) is 0. The maximum absolute atomic E-state index is 13.6. The number of hydrogen-bond acceptors (Lipinski definition) is 3. The summed E-state index contributed by atoms with van der Waals surface area (Å²) in [6, 6.07) is 9.38. The third kappa shape index (κ3) is 2.48. The minimum Gasteiger partial charge on any atom is -0.508 e. The lowest BCUT2D eigenvalue weighted by Crippen LogP contribution is -2.24. The molecule has 0 aliphatic heterocycles. The van der Waals surface area contributed by atoms with Crippen LogP contribution in [0, 0.1) is 11.6 Å². The largest absolute Gasteiger partial charge is 0.508 e. The Bertz CT molecular complexity index is 849. The molecule has 0 spiro atoms. The van der Waals surface area contributed by atoms with E-state index in [1.807, 2.05) is 0 Å². The summed E-state index contributed by atoms with van der Waals surface area (Å²) in [5.41, 5.74) is -0.293. The Morgan fingerprint density at radius 2 is 1.68 bits per heavy atom. The highest BCUT2D eigenvalue weighted by Crippen LogP contribution is 2.14. The number of nitrogens with zero attached hydrogens (tertiary/aromatic N) is 3. The Hall–Kier alpha value is -2.96. The molecular formula is C15H11F2N3O2. The van der Waals surface area contributed by atoms with Crippen LogP contribution in [-0.4, -0.2) is 19.5 Å². The van der Waals surface area contributed by atoms with Crippen LogP contribution < -0.4 is 5.69 Å². The fourth-order valence-electron chi connectivity index (χ4n) is 2.07. The van der Waals surface area contributed by atoms with Crippen molar-refractivity contribution < 1.29 is 13.9 Å². The second-order valence-electron chi connectivity index (χ2n) is 4.67. The van der Waals surface area contributed by atoms with Crippen LogP contribution in [0.1, 0.15) is 5.56 Å². The maximum atomic E-state index is 13.6. The smallest absolute Gasteiger partial charge is 0.350 e. The molecular weight excluding hydrogens is 292 g/mol. The Balaban J connectivity index is 1.98. The summed E-state index contributed by atoms with van der Waals surface area (Å²) in [5.74, 6) is -1.38. The molecule has 0 atom stereocenters. The third-order valence-electron chi connectivity index (χ3n) is 3.22. The topological polar surface area (TPSA) is 60.0 Å². The Labute approximate surface area is 123 Å². The number of phenolic OH excluding ortho intramolecular Hbond substituents is 1. The summed E-state index contributed by atoms with van der Waals surface area (Å²) >= 11 is 0. The van der Waals surface area contributed by atoms with Crippen LogP contribution in [0.2, 0.25) is 0 Å². The molecule has 112 valence electrons. The number of rotatable bonds is 3. The molecule has 0 radical (unpaired) electrons. The van der Waals surface area contributed by atoms with Crippen molar-refractivity contribution >= 4 is 0 Å². The lowest BCUT2D eigenvalue weighted by molar-refractivity contribution is 0.475. The van der Waals surface area contributed by atoms with Crippen LogP contribution in [0.15, 0.2) is 53.6 Å². The molecule has 3 rings (SSSR count). The molecule has 0 unspecified atom stereocenters. The van der Waals surface area contributed by atoms with E-state index in [2.05, 4.69) is 5.10 Å². The van der Waals surface area contributed by atoms with E-state index in [4.69, 9.17) is 0 Å². The van der Waals surface area contributed by atoms with Gasteiger partial charge in [0.05, 0.1) is 12.2 Å². The van der Waals surface area contributed by atoms with Crippen LogP contribution in [0.5, 0.6) is 5.75 Å². The number of hydrogen-bond donors (Lipinski definition) is 1. The first-order valence-corrected chi connectivity index (χ1v) is 6.43. The van der Waals surface area contributed by atoms with Gasteiger partial charge < -0.3 is 5.11 Å². The van der Waals surface area contributed by atoms with Gasteiger partial charge in [0.2, 0.25) is 0 Å². The molecule has 0 aliphatic rings. The van der Waals surface area contributed by atoms with E-state index in [9.17, 15) is 18.7 Å². The van der Waals surface area contributed by atoms with Crippen molar-refractivity contribution in [3.05, 3.63) is 76.5 Å². The standard InChI is InChI=1S/C15H11F2N3O2/c16-13-2-1-3-14(17)12(13)8-19-9-18-20(15(19)22)10-4-6-11(21)7-5-10/h1-7,9,21H,8H2. The van der Waals surface area contributed by atoms with E-state index >= 15 is 0 Å². The molecule has 0 aliphatic carbocycles. The first-order valence-electron chi connectivity index (χ1n) is 6.43. The molecule has 5 nitrogen and oxygen atoms in total. The maximum Gasteiger partial charge on any atom is 0.350 e. The van der Waals surface area contributed by atoms with E-state index < -0.39 is 17.3 Å². The third-order valence-corrected chi connectivity index (χ3v) is 3.22. The van der Waals surface area contributed by atoms with Crippen molar-refractivity contribution in [2.45, 2.75) is 6.54 Å². The summed E-state index contributed by atoms with van der Waals surface area (Å²) < 4.78 is 29.5. The normalized spacial score (nSPS) is 10.8. The molecule has 0 saturated carbocycles. The van der Waals surface area contributed by atoms with Crippen LogP contribution in [0.25, 0.3) is 5.69 Å². The highest BCUT2D eigenvalue weighted by atomic mass is 19.1. The lowest BCUT2D eigenvalue weighted by Gasteiger charge is -2.04. The fraction of sp³-hybridized carbons (Fsp3) is 0.0667. The quantitative estimate of drug-likeness (QED) is 0.806. The van der Waals surface area contributed by atoms with Gasteiger partial charge in [-0.3, -0.25) is 4.57 Å². The van der Waals surface area contributed by atoms with E-state index in [-0.39, 0.29) is 17.9 Å². The van der Waals surface area contributed by atoms with Crippen molar-refractivity contribution in [1.82, 2.24) is 14.3 Å².